The molecule has 6 nitrogen and oxygen atoms in total. The molecule has 0 aliphatic rings. The van der Waals surface area contributed by atoms with Crippen LogP contribution >= 0.6 is 11.8 Å². The summed E-state index contributed by atoms with van der Waals surface area (Å²) in [4.78, 5) is 12.9. The normalized spacial score (nSPS) is 10.8. The van der Waals surface area contributed by atoms with Crippen molar-refractivity contribution in [3.63, 3.8) is 0 Å². The summed E-state index contributed by atoms with van der Waals surface area (Å²) in [6.07, 6.45) is 4.52. The number of nitrogens with zero attached hydrogens (tertiary/aromatic N) is 4. The Morgan fingerprint density at radius 1 is 1.25 bits per heavy atom. The van der Waals surface area contributed by atoms with Crippen molar-refractivity contribution >= 4 is 23.7 Å². The van der Waals surface area contributed by atoms with Crippen molar-refractivity contribution in [3.05, 3.63) is 0 Å². The van der Waals surface area contributed by atoms with Gasteiger partial charge < -0.3 is 10.0 Å². The van der Waals surface area contributed by atoms with Crippen molar-refractivity contribution in [1.82, 2.24) is 14.8 Å². The zero-order valence-corrected chi connectivity index (χ0v) is 13.3. The van der Waals surface area contributed by atoms with Gasteiger partial charge in [-0.15, -0.1) is 10.2 Å². The van der Waals surface area contributed by atoms with Crippen LogP contribution in [0.4, 0.5) is 5.95 Å². The molecule has 1 rings (SSSR count). The fourth-order valence-corrected chi connectivity index (χ4v) is 2.47. The number of unbranched alkanes of at least 4 members (excludes halogenated alkanes) is 2. The zero-order chi connectivity index (χ0) is 15.0. The highest BCUT2D eigenvalue weighted by Crippen LogP contribution is 2.20. The Labute approximate surface area is 124 Å². The lowest BCUT2D eigenvalue weighted by molar-refractivity contribution is -0.133. The average Bonchev–Trinajstić information content (AvgIpc) is 2.78. The smallest absolute Gasteiger partial charge is 0.313 e. The maximum atomic E-state index is 10.6. The minimum atomic E-state index is -0.839. The number of carboxylic acid groups (broad SMARTS) is 1. The van der Waals surface area contributed by atoms with Crippen LogP contribution < -0.4 is 4.90 Å². The average molecular weight is 300 g/mol. The molecule has 0 amide bonds. The second-order valence-corrected chi connectivity index (χ2v) is 5.66. The number of hydrogen-bond acceptors (Lipinski definition) is 5. The highest BCUT2D eigenvalue weighted by atomic mass is 32.2. The van der Waals surface area contributed by atoms with Gasteiger partial charge in [-0.25, -0.2) is 0 Å². The molecule has 0 spiro atoms. The Morgan fingerprint density at radius 3 is 2.35 bits per heavy atom. The summed E-state index contributed by atoms with van der Waals surface area (Å²) in [6, 6.07) is 0. The van der Waals surface area contributed by atoms with Crippen molar-refractivity contribution in [1.29, 1.82) is 0 Å². The van der Waals surface area contributed by atoms with Crippen LogP contribution in [0.3, 0.4) is 0 Å². The Bertz CT molecular complexity index is 415. The van der Waals surface area contributed by atoms with Crippen LogP contribution in [0.1, 0.15) is 39.5 Å². The van der Waals surface area contributed by atoms with E-state index >= 15 is 0 Å². The van der Waals surface area contributed by atoms with E-state index in [2.05, 4.69) is 28.9 Å². The second kappa shape index (κ2) is 8.84. The van der Waals surface area contributed by atoms with Crippen LogP contribution in [0, 0.1) is 0 Å². The summed E-state index contributed by atoms with van der Waals surface area (Å²) < 4.78 is 1.89. The van der Waals surface area contributed by atoms with E-state index in [1.165, 1.54) is 11.8 Å². The molecule has 1 heterocycles. The van der Waals surface area contributed by atoms with E-state index in [1.807, 2.05) is 11.6 Å². The molecule has 0 aliphatic heterocycles. The van der Waals surface area contributed by atoms with E-state index in [1.54, 1.807) is 0 Å². The topological polar surface area (TPSA) is 71.2 Å². The Balaban J connectivity index is 2.76. The van der Waals surface area contributed by atoms with Crippen molar-refractivity contribution in [2.24, 2.45) is 7.05 Å². The van der Waals surface area contributed by atoms with Gasteiger partial charge in [0.2, 0.25) is 5.95 Å². The van der Waals surface area contributed by atoms with E-state index in [9.17, 15) is 4.79 Å². The van der Waals surface area contributed by atoms with Crippen molar-refractivity contribution in [2.75, 3.05) is 23.7 Å². The molecule has 1 aromatic rings. The van der Waals surface area contributed by atoms with Gasteiger partial charge in [-0.3, -0.25) is 9.36 Å². The van der Waals surface area contributed by atoms with Gasteiger partial charge in [0.15, 0.2) is 5.16 Å². The van der Waals surface area contributed by atoms with E-state index in [0.29, 0.717) is 5.16 Å². The third-order valence-corrected chi connectivity index (χ3v) is 3.99. The van der Waals surface area contributed by atoms with Gasteiger partial charge in [0.25, 0.3) is 0 Å². The van der Waals surface area contributed by atoms with Crippen LogP contribution in [0.25, 0.3) is 0 Å². The molecular weight excluding hydrogens is 276 g/mol. The van der Waals surface area contributed by atoms with Gasteiger partial charge in [0, 0.05) is 20.1 Å². The molecule has 114 valence electrons. The number of anilines is 1. The van der Waals surface area contributed by atoms with Crippen molar-refractivity contribution in [3.8, 4) is 0 Å². The summed E-state index contributed by atoms with van der Waals surface area (Å²) in [5.74, 6) is 0.00348. The standard InChI is InChI=1S/C13H24N4O2S/c1-4-6-8-17(9-7-5-2)12-14-15-13(16(12)3)20-10-11(18)19/h4-10H2,1-3H3,(H,18,19). The predicted molar refractivity (Wildman–Crippen MR) is 81.4 cm³/mol. The molecule has 7 heteroatoms. The van der Waals surface area contributed by atoms with Crippen LogP contribution in [0.5, 0.6) is 0 Å². The third-order valence-electron chi connectivity index (χ3n) is 2.98. The largest absolute Gasteiger partial charge is 0.481 e. The van der Waals surface area contributed by atoms with Gasteiger partial charge >= 0.3 is 5.97 Å². The SMILES string of the molecule is CCCCN(CCCC)c1nnc(SCC(=O)O)n1C. The lowest BCUT2D eigenvalue weighted by atomic mass is 10.3. The number of aliphatic carboxylic acids is 1. The molecule has 0 unspecified atom stereocenters. The van der Waals surface area contributed by atoms with Crippen LogP contribution in [0.2, 0.25) is 0 Å². The number of carboxylic acids is 1. The fourth-order valence-electron chi connectivity index (χ4n) is 1.84. The van der Waals surface area contributed by atoms with Crippen molar-refractivity contribution in [2.45, 2.75) is 44.7 Å². The molecular formula is C13H24N4O2S. The molecule has 0 radical (unpaired) electrons. The minimum Gasteiger partial charge on any atom is -0.481 e. The molecule has 0 fully saturated rings. The zero-order valence-electron chi connectivity index (χ0n) is 12.5. The third kappa shape index (κ3) is 5.03. The van der Waals surface area contributed by atoms with E-state index < -0.39 is 5.97 Å². The molecule has 1 aromatic heterocycles. The summed E-state index contributed by atoms with van der Waals surface area (Å²) in [5, 5.41) is 17.7. The summed E-state index contributed by atoms with van der Waals surface area (Å²) in [6.45, 7) is 6.27. The van der Waals surface area contributed by atoms with E-state index in [4.69, 9.17) is 5.11 Å². The number of thioether (sulfide) groups is 1. The maximum absolute atomic E-state index is 10.6. The Hall–Kier alpha value is -1.24. The number of carbonyl (C=O) groups is 1. The monoisotopic (exact) mass is 300 g/mol. The minimum absolute atomic E-state index is 0.00981. The predicted octanol–water partition coefficient (Wildman–Crippen LogP) is 2.40. The summed E-state index contributed by atoms with van der Waals surface area (Å²) >= 11 is 1.20. The van der Waals surface area contributed by atoms with Crippen LogP contribution in [-0.2, 0) is 11.8 Å². The fraction of sp³-hybridized carbons (Fsp3) is 0.769. The van der Waals surface area contributed by atoms with Gasteiger partial charge in [-0.1, -0.05) is 38.5 Å². The Morgan fingerprint density at radius 2 is 1.85 bits per heavy atom. The van der Waals surface area contributed by atoms with E-state index in [0.717, 1.165) is 44.7 Å². The molecule has 0 saturated heterocycles. The molecule has 0 aromatic carbocycles. The quantitative estimate of drug-likeness (QED) is 0.669. The first-order chi connectivity index (χ1) is 9.60. The van der Waals surface area contributed by atoms with Gasteiger partial charge in [0.1, 0.15) is 0 Å². The lowest BCUT2D eigenvalue weighted by Crippen LogP contribution is -2.28. The number of hydrogen-bond donors (Lipinski definition) is 1. The summed E-state index contributed by atoms with van der Waals surface area (Å²) in [5.41, 5.74) is 0. The first kappa shape index (κ1) is 16.8. The number of rotatable bonds is 10. The molecule has 0 saturated carbocycles. The lowest BCUT2D eigenvalue weighted by Gasteiger charge is -2.22. The molecule has 20 heavy (non-hydrogen) atoms. The molecule has 0 aliphatic carbocycles. The first-order valence-electron chi connectivity index (χ1n) is 7.09. The second-order valence-electron chi connectivity index (χ2n) is 4.72. The highest BCUT2D eigenvalue weighted by molar-refractivity contribution is 7.99. The molecule has 1 N–H and O–H groups in total. The van der Waals surface area contributed by atoms with E-state index in [-0.39, 0.29) is 5.75 Å². The summed E-state index contributed by atoms with van der Waals surface area (Å²) in [7, 11) is 1.89. The van der Waals surface area contributed by atoms with Crippen LogP contribution in [0.15, 0.2) is 5.16 Å². The highest BCUT2D eigenvalue weighted by Gasteiger charge is 2.16. The van der Waals surface area contributed by atoms with Gasteiger partial charge in [0.05, 0.1) is 5.75 Å². The van der Waals surface area contributed by atoms with Gasteiger partial charge in [-0.05, 0) is 12.8 Å². The van der Waals surface area contributed by atoms with Crippen molar-refractivity contribution < 1.29 is 9.90 Å². The number of aromatic nitrogens is 3. The van der Waals surface area contributed by atoms with Crippen LogP contribution in [-0.4, -0.2) is 44.7 Å². The molecule has 0 bridgehead atoms. The Kier molecular flexibility index (Phi) is 7.43. The first-order valence-corrected chi connectivity index (χ1v) is 8.07. The maximum Gasteiger partial charge on any atom is 0.313 e. The molecule has 0 atom stereocenters. The van der Waals surface area contributed by atoms with Gasteiger partial charge in [-0.2, -0.15) is 0 Å².